The Bertz CT molecular complexity index is 1170. The van der Waals surface area contributed by atoms with Crippen molar-refractivity contribution in [3.63, 3.8) is 0 Å². The molecule has 0 saturated heterocycles. The number of ether oxygens (including phenoxy) is 2. The monoisotopic (exact) mass is 439 g/mol. The van der Waals surface area contributed by atoms with Crippen molar-refractivity contribution >= 4 is 34.5 Å². The predicted molar refractivity (Wildman–Crippen MR) is 119 cm³/mol. The van der Waals surface area contributed by atoms with E-state index < -0.39 is 0 Å². The van der Waals surface area contributed by atoms with Crippen molar-refractivity contribution in [1.29, 1.82) is 0 Å². The van der Waals surface area contributed by atoms with Gasteiger partial charge in [-0.05, 0) is 29.6 Å². The predicted octanol–water partition coefficient (Wildman–Crippen LogP) is 5.52. The number of benzene rings is 2. The van der Waals surface area contributed by atoms with Gasteiger partial charge in [0.25, 0.3) is 5.91 Å². The fraction of sp³-hybridized carbons (Fsp3) is 0.0909. The second kappa shape index (κ2) is 8.61. The van der Waals surface area contributed by atoms with E-state index in [4.69, 9.17) is 21.1 Å². The van der Waals surface area contributed by atoms with Gasteiger partial charge in [0, 0.05) is 12.3 Å². The maximum Gasteiger partial charge on any atom is 0.259 e. The molecule has 0 fully saturated rings. The standard InChI is InChI=1S/C22H18ClN3O3S/c1-28-18-12-19(29-2)17(11-16(18)23)24-22(27)15-13-26(14-7-4-3-5-8-14)25-21(15)20-9-6-10-30-20/h3-13H,1-2H3,(H,24,27). The van der Waals surface area contributed by atoms with Crippen LogP contribution in [0.25, 0.3) is 16.3 Å². The number of nitrogens with one attached hydrogen (secondary N) is 1. The minimum Gasteiger partial charge on any atom is -0.495 e. The van der Waals surface area contributed by atoms with Gasteiger partial charge in [0.15, 0.2) is 0 Å². The van der Waals surface area contributed by atoms with Crippen LogP contribution in [0, 0.1) is 0 Å². The number of para-hydroxylation sites is 1. The van der Waals surface area contributed by atoms with Crippen LogP contribution in [0.1, 0.15) is 10.4 Å². The van der Waals surface area contributed by atoms with E-state index in [1.54, 1.807) is 23.0 Å². The zero-order chi connectivity index (χ0) is 21.1. The molecular weight excluding hydrogens is 422 g/mol. The normalized spacial score (nSPS) is 10.6. The van der Waals surface area contributed by atoms with Crippen molar-refractivity contribution < 1.29 is 14.3 Å². The van der Waals surface area contributed by atoms with E-state index in [9.17, 15) is 4.79 Å². The fourth-order valence-corrected chi connectivity index (χ4v) is 3.96. The molecule has 1 N–H and O–H groups in total. The molecule has 152 valence electrons. The Morgan fingerprint density at radius 1 is 1.07 bits per heavy atom. The molecule has 4 rings (SSSR count). The first kappa shape index (κ1) is 20.0. The summed E-state index contributed by atoms with van der Waals surface area (Å²) in [4.78, 5) is 14.1. The first-order valence-corrected chi connectivity index (χ1v) is 10.3. The second-order valence-corrected chi connectivity index (χ2v) is 7.64. The summed E-state index contributed by atoms with van der Waals surface area (Å²) in [6.45, 7) is 0. The maximum absolute atomic E-state index is 13.2. The maximum atomic E-state index is 13.2. The lowest BCUT2D eigenvalue weighted by Gasteiger charge is -2.13. The highest BCUT2D eigenvalue weighted by Gasteiger charge is 2.21. The topological polar surface area (TPSA) is 65.4 Å². The molecule has 30 heavy (non-hydrogen) atoms. The van der Waals surface area contributed by atoms with E-state index in [0.29, 0.717) is 33.5 Å². The highest BCUT2D eigenvalue weighted by atomic mass is 35.5. The number of nitrogens with zero attached hydrogens (tertiary/aromatic N) is 2. The van der Waals surface area contributed by atoms with Gasteiger partial charge in [-0.2, -0.15) is 5.10 Å². The third-order valence-electron chi connectivity index (χ3n) is 4.46. The summed E-state index contributed by atoms with van der Waals surface area (Å²) >= 11 is 7.76. The van der Waals surface area contributed by atoms with Gasteiger partial charge in [0.1, 0.15) is 17.2 Å². The molecular formula is C22H18ClN3O3S. The summed E-state index contributed by atoms with van der Waals surface area (Å²) in [6.07, 6.45) is 1.72. The lowest BCUT2D eigenvalue weighted by molar-refractivity contribution is 0.102. The van der Waals surface area contributed by atoms with Gasteiger partial charge < -0.3 is 14.8 Å². The number of rotatable bonds is 6. The highest BCUT2D eigenvalue weighted by molar-refractivity contribution is 7.13. The van der Waals surface area contributed by atoms with Gasteiger partial charge >= 0.3 is 0 Å². The van der Waals surface area contributed by atoms with E-state index >= 15 is 0 Å². The molecule has 0 unspecified atom stereocenters. The molecule has 2 aromatic carbocycles. The minimum atomic E-state index is -0.319. The molecule has 4 aromatic rings. The Balaban J connectivity index is 1.74. The first-order chi connectivity index (χ1) is 14.6. The molecule has 0 bridgehead atoms. The van der Waals surface area contributed by atoms with Crippen LogP contribution in [0.2, 0.25) is 5.02 Å². The molecule has 0 aliphatic heterocycles. The Hall–Kier alpha value is -3.29. The smallest absolute Gasteiger partial charge is 0.259 e. The van der Waals surface area contributed by atoms with Gasteiger partial charge in [-0.3, -0.25) is 4.79 Å². The molecule has 0 saturated carbocycles. The fourth-order valence-electron chi connectivity index (χ4n) is 3.00. The van der Waals surface area contributed by atoms with Crippen LogP contribution in [0.5, 0.6) is 11.5 Å². The second-order valence-electron chi connectivity index (χ2n) is 6.29. The van der Waals surface area contributed by atoms with Gasteiger partial charge in [-0.1, -0.05) is 35.9 Å². The largest absolute Gasteiger partial charge is 0.495 e. The first-order valence-electron chi connectivity index (χ1n) is 9.02. The van der Waals surface area contributed by atoms with Crippen molar-refractivity contribution in [3.8, 4) is 27.8 Å². The average Bonchev–Trinajstić information content (AvgIpc) is 3.44. The number of carbonyl (C=O) groups is 1. The third kappa shape index (κ3) is 3.90. The summed E-state index contributed by atoms with van der Waals surface area (Å²) in [5.74, 6) is 0.584. The van der Waals surface area contributed by atoms with Crippen molar-refractivity contribution in [2.75, 3.05) is 19.5 Å². The molecule has 0 aliphatic carbocycles. The summed E-state index contributed by atoms with van der Waals surface area (Å²) < 4.78 is 12.3. The van der Waals surface area contributed by atoms with E-state index in [0.717, 1.165) is 10.6 Å². The highest BCUT2D eigenvalue weighted by Crippen LogP contribution is 2.36. The summed E-state index contributed by atoms with van der Waals surface area (Å²) in [5, 5.41) is 9.86. The number of anilines is 1. The molecule has 2 aromatic heterocycles. The Morgan fingerprint density at radius 3 is 2.50 bits per heavy atom. The van der Waals surface area contributed by atoms with Crippen LogP contribution in [0.4, 0.5) is 5.69 Å². The number of thiophene rings is 1. The van der Waals surface area contributed by atoms with E-state index in [1.165, 1.54) is 25.6 Å². The van der Waals surface area contributed by atoms with Crippen molar-refractivity contribution in [1.82, 2.24) is 9.78 Å². The van der Waals surface area contributed by atoms with E-state index in [-0.39, 0.29) is 5.91 Å². The van der Waals surface area contributed by atoms with Crippen LogP contribution in [-0.4, -0.2) is 29.9 Å². The number of methoxy groups -OCH3 is 2. The number of aromatic nitrogens is 2. The number of halogens is 1. The number of hydrogen-bond donors (Lipinski definition) is 1. The molecule has 1 amide bonds. The van der Waals surface area contributed by atoms with E-state index in [1.807, 2.05) is 47.8 Å². The molecule has 0 atom stereocenters. The zero-order valence-electron chi connectivity index (χ0n) is 16.3. The average molecular weight is 440 g/mol. The lowest BCUT2D eigenvalue weighted by Crippen LogP contribution is -2.13. The number of amides is 1. The molecule has 2 heterocycles. The van der Waals surface area contributed by atoms with Crippen LogP contribution in [0.15, 0.2) is 66.2 Å². The number of hydrogen-bond acceptors (Lipinski definition) is 5. The molecule has 6 nitrogen and oxygen atoms in total. The van der Waals surface area contributed by atoms with Gasteiger partial charge in [-0.25, -0.2) is 4.68 Å². The van der Waals surface area contributed by atoms with Crippen LogP contribution < -0.4 is 14.8 Å². The zero-order valence-corrected chi connectivity index (χ0v) is 17.8. The quantitative estimate of drug-likeness (QED) is 0.429. The van der Waals surface area contributed by atoms with Crippen molar-refractivity contribution in [3.05, 3.63) is 76.8 Å². The van der Waals surface area contributed by atoms with E-state index in [2.05, 4.69) is 10.4 Å². The van der Waals surface area contributed by atoms with Gasteiger partial charge in [-0.15, -0.1) is 11.3 Å². The van der Waals surface area contributed by atoms with Crippen molar-refractivity contribution in [2.45, 2.75) is 0 Å². The molecule has 8 heteroatoms. The summed E-state index contributed by atoms with van der Waals surface area (Å²) in [7, 11) is 3.03. The van der Waals surface area contributed by atoms with Crippen LogP contribution in [-0.2, 0) is 0 Å². The SMILES string of the molecule is COc1cc(OC)c(NC(=O)c2cn(-c3ccccc3)nc2-c2cccs2)cc1Cl. The Kier molecular flexibility index (Phi) is 5.74. The summed E-state index contributed by atoms with van der Waals surface area (Å²) in [6, 6.07) is 16.7. The Labute approximate surface area is 182 Å². The minimum absolute atomic E-state index is 0.319. The third-order valence-corrected chi connectivity index (χ3v) is 5.63. The molecule has 0 radical (unpaired) electrons. The molecule has 0 spiro atoms. The molecule has 0 aliphatic rings. The Morgan fingerprint density at radius 2 is 1.83 bits per heavy atom. The lowest BCUT2D eigenvalue weighted by atomic mass is 10.2. The van der Waals surface area contributed by atoms with Gasteiger partial charge in [0.05, 0.1) is 41.1 Å². The number of carbonyl (C=O) groups excluding carboxylic acids is 1. The van der Waals surface area contributed by atoms with Crippen LogP contribution in [0.3, 0.4) is 0 Å². The van der Waals surface area contributed by atoms with Crippen LogP contribution >= 0.6 is 22.9 Å². The van der Waals surface area contributed by atoms with Crippen molar-refractivity contribution in [2.24, 2.45) is 0 Å². The van der Waals surface area contributed by atoms with Gasteiger partial charge in [0.2, 0.25) is 0 Å². The summed E-state index contributed by atoms with van der Waals surface area (Å²) in [5.41, 5.74) is 2.34.